The van der Waals surface area contributed by atoms with Crippen molar-refractivity contribution in [3.05, 3.63) is 82.3 Å². The molecule has 0 bridgehead atoms. The van der Waals surface area contributed by atoms with E-state index in [9.17, 15) is 22.8 Å². The molecule has 4 aromatic rings. The first-order chi connectivity index (χ1) is 20.0. The van der Waals surface area contributed by atoms with Crippen LogP contribution in [0.2, 0.25) is 5.02 Å². The molecule has 2 amide bonds. The van der Waals surface area contributed by atoms with E-state index >= 15 is 4.39 Å². The lowest BCUT2D eigenvalue weighted by Crippen LogP contribution is -2.28. The van der Waals surface area contributed by atoms with Gasteiger partial charge in [0, 0.05) is 35.9 Å². The number of pyridine rings is 1. The number of nitrogens with zero attached hydrogens (tertiary/aromatic N) is 6. The van der Waals surface area contributed by atoms with Gasteiger partial charge in [-0.05, 0) is 32.3 Å². The Bertz CT molecular complexity index is 1750. The van der Waals surface area contributed by atoms with E-state index in [-0.39, 0.29) is 45.3 Å². The first-order valence-corrected chi connectivity index (χ1v) is 13.3. The quantitative estimate of drug-likeness (QED) is 0.271. The molecule has 4 heterocycles. The van der Waals surface area contributed by atoms with Gasteiger partial charge in [-0.1, -0.05) is 17.7 Å². The number of anilines is 2. The summed E-state index contributed by atoms with van der Waals surface area (Å²) in [6, 6.07) is 2.62. The molecule has 1 saturated heterocycles. The summed E-state index contributed by atoms with van der Waals surface area (Å²) >= 11 is 5.81. The van der Waals surface area contributed by atoms with Crippen molar-refractivity contribution in [2.24, 2.45) is 11.8 Å². The summed E-state index contributed by atoms with van der Waals surface area (Å²) in [4.78, 5) is 39.4. The maximum Gasteiger partial charge on any atom is 0.276 e. The predicted octanol–water partition coefficient (Wildman–Crippen LogP) is 5.76. The molecule has 6 rings (SSSR count). The summed E-state index contributed by atoms with van der Waals surface area (Å²) in [5.41, 5.74) is -0.831. The average Bonchev–Trinajstić information content (AvgIpc) is 3.45. The van der Waals surface area contributed by atoms with Gasteiger partial charge in [-0.15, -0.1) is 0 Å². The molecule has 0 spiro atoms. The van der Waals surface area contributed by atoms with E-state index in [4.69, 9.17) is 11.6 Å². The Morgan fingerprint density at radius 3 is 2.64 bits per heavy atom. The molecular weight excluding hydrogens is 578 g/mol. The molecule has 1 saturated carbocycles. The molecule has 2 fully saturated rings. The van der Waals surface area contributed by atoms with Crippen LogP contribution in [0.5, 0.6) is 0 Å². The molecule has 3 atom stereocenters. The van der Waals surface area contributed by atoms with Crippen LogP contribution in [0.1, 0.15) is 53.3 Å². The molecule has 14 heteroatoms. The van der Waals surface area contributed by atoms with Crippen molar-refractivity contribution in [2.45, 2.75) is 32.7 Å². The molecular formula is C28H22ClF4N7O2. The summed E-state index contributed by atoms with van der Waals surface area (Å²) < 4.78 is 58.4. The van der Waals surface area contributed by atoms with Gasteiger partial charge in [-0.3, -0.25) is 24.2 Å². The van der Waals surface area contributed by atoms with Crippen LogP contribution in [-0.2, 0) is 4.79 Å². The van der Waals surface area contributed by atoms with Crippen molar-refractivity contribution in [3.8, 4) is 11.3 Å². The number of piperidine rings is 1. The Balaban J connectivity index is 1.21. The van der Waals surface area contributed by atoms with Crippen LogP contribution in [0.15, 0.2) is 43.0 Å². The van der Waals surface area contributed by atoms with E-state index in [0.29, 0.717) is 18.2 Å². The topological polar surface area (TPSA) is 106 Å². The van der Waals surface area contributed by atoms with Crippen molar-refractivity contribution in [3.63, 3.8) is 0 Å². The van der Waals surface area contributed by atoms with Crippen LogP contribution in [0.4, 0.5) is 28.9 Å². The minimum Gasteiger partial charge on any atom is -0.318 e. The molecule has 1 aromatic carbocycles. The highest BCUT2D eigenvalue weighted by molar-refractivity contribution is 6.31. The number of alkyl halides is 2. The van der Waals surface area contributed by atoms with Gasteiger partial charge < -0.3 is 10.2 Å². The lowest BCUT2D eigenvalue weighted by atomic mass is 10.0. The summed E-state index contributed by atoms with van der Waals surface area (Å²) in [7, 11) is 0. The van der Waals surface area contributed by atoms with Crippen LogP contribution >= 0.6 is 11.6 Å². The van der Waals surface area contributed by atoms with Gasteiger partial charge in [0.25, 0.3) is 12.3 Å². The van der Waals surface area contributed by atoms with E-state index in [0.717, 1.165) is 24.8 Å². The lowest BCUT2D eigenvalue weighted by Gasteiger charge is -2.19. The van der Waals surface area contributed by atoms with Gasteiger partial charge >= 0.3 is 0 Å². The zero-order valence-electron chi connectivity index (χ0n) is 22.2. The second-order valence-corrected chi connectivity index (χ2v) is 10.7. The molecule has 9 nitrogen and oxygen atoms in total. The smallest absolute Gasteiger partial charge is 0.276 e. The summed E-state index contributed by atoms with van der Waals surface area (Å²) in [5.74, 6) is -2.10. The number of amides is 2. The van der Waals surface area contributed by atoms with Gasteiger partial charge in [0.1, 0.15) is 17.2 Å². The number of rotatable bonds is 7. The van der Waals surface area contributed by atoms with E-state index in [1.54, 1.807) is 11.8 Å². The van der Waals surface area contributed by atoms with Gasteiger partial charge in [0.05, 0.1) is 52.4 Å². The number of benzene rings is 1. The number of carbonyl (C=O) groups excluding carboxylic acids is 2. The highest BCUT2D eigenvalue weighted by atomic mass is 35.5. The fraction of sp³-hybridized carbons (Fsp3) is 0.286. The molecule has 1 N–H and O–H groups in total. The monoisotopic (exact) mass is 599 g/mol. The maximum atomic E-state index is 15.1. The summed E-state index contributed by atoms with van der Waals surface area (Å²) in [5, 5.41) is 6.40. The minimum absolute atomic E-state index is 0.00733. The Morgan fingerprint density at radius 1 is 1.17 bits per heavy atom. The third kappa shape index (κ3) is 4.87. The van der Waals surface area contributed by atoms with Crippen LogP contribution in [0.3, 0.4) is 0 Å². The van der Waals surface area contributed by atoms with E-state index in [1.807, 2.05) is 0 Å². The minimum atomic E-state index is -3.02. The number of halogens is 5. The zero-order chi connectivity index (χ0) is 29.9. The van der Waals surface area contributed by atoms with Crippen molar-refractivity contribution in [1.29, 1.82) is 0 Å². The number of aryl methyl sites for hydroxylation is 1. The number of hydrogen-bond donors (Lipinski definition) is 1. The Kier molecular flexibility index (Phi) is 6.92. The van der Waals surface area contributed by atoms with Crippen molar-refractivity contribution in [1.82, 2.24) is 24.7 Å². The SMILES string of the molecule is Cc1ncc(-c2c(C(F)F)ccc(Cl)c2F)nc1C(=O)Nc1cnn([C@@H](C)c2ncc(N3C[C@H]4C[C@H]4C3=O)cc2F)c1. The number of fused-ring (bicyclic) bond motifs is 1. The van der Waals surface area contributed by atoms with Crippen molar-refractivity contribution >= 4 is 34.8 Å². The Hall–Kier alpha value is -4.39. The molecule has 0 unspecified atom stereocenters. The van der Waals surface area contributed by atoms with Gasteiger partial charge in [0.2, 0.25) is 5.91 Å². The summed E-state index contributed by atoms with van der Waals surface area (Å²) in [6.07, 6.45) is 3.18. The first-order valence-electron chi connectivity index (χ1n) is 13.0. The second-order valence-electron chi connectivity index (χ2n) is 10.3. The van der Waals surface area contributed by atoms with Crippen LogP contribution in [0, 0.1) is 30.4 Å². The van der Waals surface area contributed by atoms with Crippen LogP contribution in [-0.4, -0.2) is 43.1 Å². The predicted molar refractivity (Wildman–Crippen MR) is 144 cm³/mol. The third-order valence-corrected chi connectivity index (χ3v) is 7.82. The standard InChI is InChI=1S/C28H22ClF4N7O2/c1-12-24(38-21(9-34-12)22-17(26(32)33)3-4-19(29)23(22)31)27(41)37-15-7-36-40(11-15)13(2)25-20(30)6-16(8-35-25)39-10-14-5-18(14)28(39)42/h3-4,6-9,11,13-14,18,26H,5,10H2,1-2H3,(H,37,41)/t13-,14+,18+/m0/s1. The number of aromatic nitrogens is 5. The van der Waals surface area contributed by atoms with Gasteiger partial charge in [-0.25, -0.2) is 22.5 Å². The highest BCUT2D eigenvalue weighted by Gasteiger charge is 2.52. The lowest BCUT2D eigenvalue weighted by molar-refractivity contribution is -0.118. The van der Waals surface area contributed by atoms with Gasteiger partial charge in [0.15, 0.2) is 5.82 Å². The van der Waals surface area contributed by atoms with E-state index < -0.39 is 41.1 Å². The molecule has 0 radical (unpaired) electrons. The number of nitrogens with one attached hydrogen (secondary N) is 1. The van der Waals surface area contributed by atoms with E-state index in [2.05, 4.69) is 25.4 Å². The number of carbonyl (C=O) groups is 2. The average molecular weight is 600 g/mol. The molecule has 3 aromatic heterocycles. The first kappa shape index (κ1) is 27.8. The van der Waals surface area contributed by atoms with E-state index in [1.165, 1.54) is 36.3 Å². The molecule has 1 aliphatic carbocycles. The Morgan fingerprint density at radius 2 is 1.95 bits per heavy atom. The fourth-order valence-corrected chi connectivity index (χ4v) is 5.28. The highest BCUT2D eigenvalue weighted by Crippen LogP contribution is 2.47. The number of hydrogen-bond acceptors (Lipinski definition) is 6. The molecule has 216 valence electrons. The molecule has 42 heavy (non-hydrogen) atoms. The van der Waals surface area contributed by atoms with Gasteiger partial charge in [-0.2, -0.15) is 5.10 Å². The van der Waals surface area contributed by atoms with Crippen LogP contribution < -0.4 is 10.2 Å². The van der Waals surface area contributed by atoms with Crippen LogP contribution in [0.25, 0.3) is 11.3 Å². The van der Waals surface area contributed by atoms with Crippen molar-refractivity contribution in [2.75, 3.05) is 16.8 Å². The summed E-state index contributed by atoms with van der Waals surface area (Å²) in [6.45, 7) is 3.71. The largest absolute Gasteiger partial charge is 0.318 e. The second kappa shape index (κ2) is 10.5. The normalized spacial score (nSPS) is 18.4. The zero-order valence-corrected chi connectivity index (χ0v) is 22.9. The fourth-order valence-electron chi connectivity index (χ4n) is 5.13. The molecule has 2 aliphatic rings. The maximum absolute atomic E-state index is 15.1. The third-order valence-electron chi connectivity index (χ3n) is 7.53. The Labute approximate surface area is 241 Å². The van der Waals surface area contributed by atoms with Crippen molar-refractivity contribution < 1.29 is 27.2 Å². The molecule has 1 aliphatic heterocycles.